The molecule has 0 radical (unpaired) electrons. The molecule has 0 bridgehead atoms. The van der Waals surface area contributed by atoms with Gasteiger partial charge < -0.3 is 0 Å². The number of hydrogen-bond donors (Lipinski definition) is 0. The largest absolute Gasteiger partial charge is 0.174 e. The summed E-state index contributed by atoms with van der Waals surface area (Å²) in [6, 6.07) is 10.9. The Hall–Kier alpha value is -1.99. The molecule has 0 saturated carbocycles. The van der Waals surface area contributed by atoms with Crippen LogP contribution in [0.25, 0.3) is 0 Å². The lowest BCUT2D eigenvalue weighted by molar-refractivity contribution is 1.19. The van der Waals surface area contributed by atoms with E-state index in [1.807, 2.05) is 6.92 Å². The molecule has 1 atom stereocenters. The lowest BCUT2D eigenvalue weighted by Gasteiger charge is -2.34. The van der Waals surface area contributed by atoms with Gasteiger partial charge in [0, 0.05) is 0 Å². The molecule has 1 unspecified atom stereocenters. The Labute approximate surface area is 169 Å². The Morgan fingerprint density at radius 3 is 2.30 bits per heavy atom. The third kappa shape index (κ3) is 7.64. The first-order valence-electron chi connectivity index (χ1n) is 9.84. The predicted octanol–water partition coefficient (Wildman–Crippen LogP) is 8.72. The molecule has 0 aromatic heterocycles. The minimum Gasteiger partial charge on any atom is -0.174 e. The molecule has 0 nitrogen and oxygen atoms in total. The lowest BCUT2D eigenvalue weighted by Crippen LogP contribution is -1.98. The second kappa shape index (κ2) is 12.4. The Morgan fingerprint density at radius 2 is 1.70 bits per heavy atom. The number of benzene rings is 1. The Morgan fingerprint density at radius 1 is 1.00 bits per heavy atom. The minimum absolute atomic E-state index is 1.05. The molecule has 1 aromatic rings. The molecule has 146 valence electrons. The van der Waals surface area contributed by atoms with E-state index in [9.17, 15) is 0 Å². The standard InChI is InChI=1S/C26H36S/c1-7-10-16-23(4)20-21-27(6,26-18-13-12-14-19-26)24(5)22-25(15-9-3)17-11-8-2/h7,10-22H,8-9H2,1-6H3/b10-7-,17-11-,21-20+,23-16-,24-22+,25-15+. The van der Waals surface area contributed by atoms with Crippen LogP contribution in [0.1, 0.15) is 47.5 Å². The molecule has 0 spiro atoms. The molecule has 27 heavy (non-hydrogen) atoms. The van der Waals surface area contributed by atoms with Gasteiger partial charge in [0.05, 0.1) is 0 Å². The van der Waals surface area contributed by atoms with E-state index in [-0.39, 0.29) is 0 Å². The smallest absolute Gasteiger partial charge is 0.00291 e. The molecule has 0 N–H and O–H groups in total. The maximum Gasteiger partial charge on any atom is -0.00291 e. The van der Waals surface area contributed by atoms with Crippen molar-refractivity contribution in [3.63, 3.8) is 0 Å². The van der Waals surface area contributed by atoms with Crippen LogP contribution < -0.4 is 0 Å². The van der Waals surface area contributed by atoms with Crippen LogP contribution in [0.2, 0.25) is 0 Å². The van der Waals surface area contributed by atoms with Crippen molar-refractivity contribution in [2.45, 2.75) is 52.4 Å². The molecular formula is C26H36S. The van der Waals surface area contributed by atoms with Gasteiger partial charge in [-0.2, -0.15) is 10.0 Å². The van der Waals surface area contributed by atoms with Crippen molar-refractivity contribution < 1.29 is 0 Å². The monoisotopic (exact) mass is 380 g/mol. The molecule has 0 amide bonds. The van der Waals surface area contributed by atoms with Gasteiger partial charge in [-0.3, -0.25) is 0 Å². The maximum absolute atomic E-state index is 2.41. The van der Waals surface area contributed by atoms with Crippen molar-refractivity contribution in [1.29, 1.82) is 0 Å². The molecule has 0 aliphatic carbocycles. The first-order valence-corrected chi connectivity index (χ1v) is 11.9. The topological polar surface area (TPSA) is 0 Å². The first-order chi connectivity index (χ1) is 13.0. The summed E-state index contributed by atoms with van der Waals surface area (Å²) < 4.78 is 0. The highest BCUT2D eigenvalue weighted by atomic mass is 32.3. The fraction of sp³-hybridized carbons (Fsp3) is 0.308. The summed E-state index contributed by atoms with van der Waals surface area (Å²) in [7, 11) is -1.21. The van der Waals surface area contributed by atoms with E-state index in [0.717, 1.165) is 12.8 Å². The van der Waals surface area contributed by atoms with Crippen molar-refractivity contribution in [2.75, 3.05) is 6.26 Å². The highest BCUT2D eigenvalue weighted by Crippen LogP contribution is 2.60. The van der Waals surface area contributed by atoms with Crippen molar-refractivity contribution >= 4 is 10.0 Å². The van der Waals surface area contributed by atoms with E-state index < -0.39 is 10.0 Å². The second-order valence-electron chi connectivity index (χ2n) is 6.71. The highest BCUT2D eigenvalue weighted by Gasteiger charge is 2.19. The molecule has 0 aliphatic rings. The van der Waals surface area contributed by atoms with Crippen LogP contribution in [0.15, 0.2) is 105 Å². The quantitative estimate of drug-likeness (QED) is 0.376. The Bertz CT molecular complexity index is 742. The van der Waals surface area contributed by atoms with Crippen LogP contribution in [0.4, 0.5) is 0 Å². The van der Waals surface area contributed by atoms with Gasteiger partial charge >= 0.3 is 0 Å². The Kier molecular flexibility index (Phi) is 10.6. The van der Waals surface area contributed by atoms with Gasteiger partial charge in [0.2, 0.25) is 0 Å². The van der Waals surface area contributed by atoms with E-state index in [1.165, 1.54) is 20.9 Å². The van der Waals surface area contributed by atoms with E-state index in [4.69, 9.17) is 0 Å². The number of rotatable bonds is 9. The number of hydrogen-bond acceptors (Lipinski definition) is 0. The molecule has 0 fully saturated rings. The van der Waals surface area contributed by atoms with E-state index in [0.29, 0.717) is 0 Å². The molecule has 0 saturated heterocycles. The van der Waals surface area contributed by atoms with Crippen molar-refractivity contribution in [2.24, 2.45) is 0 Å². The maximum atomic E-state index is 2.41. The fourth-order valence-corrected chi connectivity index (χ4v) is 4.98. The van der Waals surface area contributed by atoms with Crippen LogP contribution in [0.3, 0.4) is 0 Å². The lowest BCUT2D eigenvalue weighted by atomic mass is 10.2. The average Bonchev–Trinajstić information content (AvgIpc) is 2.69. The van der Waals surface area contributed by atoms with Gasteiger partial charge in [0.1, 0.15) is 0 Å². The van der Waals surface area contributed by atoms with Gasteiger partial charge in [0.25, 0.3) is 0 Å². The van der Waals surface area contributed by atoms with E-state index in [2.05, 4.69) is 118 Å². The zero-order valence-electron chi connectivity index (χ0n) is 17.9. The van der Waals surface area contributed by atoms with Gasteiger partial charge in [-0.05, 0) is 78.9 Å². The number of allylic oxidation sites excluding steroid dienone is 11. The zero-order valence-corrected chi connectivity index (χ0v) is 18.7. The summed E-state index contributed by atoms with van der Waals surface area (Å²) in [6.45, 7) is 10.9. The zero-order chi connectivity index (χ0) is 20.1. The van der Waals surface area contributed by atoms with Gasteiger partial charge in [-0.1, -0.05) is 80.2 Å². The van der Waals surface area contributed by atoms with E-state index in [1.54, 1.807) is 0 Å². The first kappa shape index (κ1) is 23.0. The van der Waals surface area contributed by atoms with Crippen molar-refractivity contribution in [3.05, 3.63) is 100 Å². The summed E-state index contributed by atoms with van der Waals surface area (Å²) >= 11 is 0. The summed E-state index contributed by atoms with van der Waals surface area (Å²) in [5.41, 5.74) is 2.58. The van der Waals surface area contributed by atoms with E-state index >= 15 is 0 Å². The van der Waals surface area contributed by atoms with Gasteiger partial charge in [-0.25, -0.2) is 0 Å². The highest BCUT2D eigenvalue weighted by molar-refractivity contribution is 8.38. The fourth-order valence-electron chi connectivity index (χ4n) is 2.64. The van der Waals surface area contributed by atoms with Crippen LogP contribution in [0, 0.1) is 0 Å². The molecule has 0 heterocycles. The van der Waals surface area contributed by atoms with Crippen molar-refractivity contribution in [1.82, 2.24) is 0 Å². The van der Waals surface area contributed by atoms with Crippen molar-refractivity contribution in [3.8, 4) is 0 Å². The minimum atomic E-state index is -1.21. The normalized spacial score (nSPS) is 17.8. The predicted molar refractivity (Wildman–Crippen MR) is 127 cm³/mol. The third-order valence-corrected chi connectivity index (χ3v) is 7.80. The summed E-state index contributed by atoms with van der Waals surface area (Å²) in [4.78, 5) is 2.81. The molecule has 1 rings (SSSR count). The second-order valence-corrected chi connectivity index (χ2v) is 10.1. The molecular weight excluding hydrogens is 344 g/mol. The van der Waals surface area contributed by atoms with Gasteiger partial charge in [-0.15, -0.1) is 0 Å². The molecule has 1 aromatic carbocycles. The molecule has 0 aliphatic heterocycles. The average molecular weight is 381 g/mol. The summed E-state index contributed by atoms with van der Waals surface area (Å²) in [5, 5.41) is 2.41. The van der Waals surface area contributed by atoms with Crippen LogP contribution in [-0.2, 0) is 0 Å². The summed E-state index contributed by atoms with van der Waals surface area (Å²) in [6.07, 6.45) is 22.2. The van der Waals surface area contributed by atoms with Crippen LogP contribution in [0.5, 0.6) is 0 Å². The summed E-state index contributed by atoms with van der Waals surface area (Å²) in [5.74, 6) is 0. The molecule has 1 heteroatoms. The Balaban J connectivity index is 3.41. The van der Waals surface area contributed by atoms with Crippen LogP contribution in [-0.4, -0.2) is 6.26 Å². The van der Waals surface area contributed by atoms with Gasteiger partial charge in [0.15, 0.2) is 0 Å². The SMILES string of the molecule is C\C=C/C=C(C)\C=C\S(C)(/C(C)=C/C(/C=C\CC)=C/CC)c1ccccc1. The third-order valence-electron chi connectivity index (χ3n) is 4.41. The van der Waals surface area contributed by atoms with Crippen LogP contribution >= 0.6 is 10.0 Å².